The third-order valence-electron chi connectivity index (χ3n) is 2.98. The van der Waals surface area contributed by atoms with Gasteiger partial charge in [-0.2, -0.15) is 5.10 Å². The van der Waals surface area contributed by atoms with Gasteiger partial charge in [-0.3, -0.25) is 0 Å². The van der Waals surface area contributed by atoms with Crippen molar-refractivity contribution in [2.24, 2.45) is 0 Å². The molecular weight excluding hydrogens is 242 g/mol. The van der Waals surface area contributed by atoms with Gasteiger partial charge < -0.3 is 9.47 Å². The van der Waals surface area contributed by atoms with Gasteiger partial charge in [-0.05, 0) is 24.1 Å². The highest BCUT2D eigenvalue weighted by Gasteiger charge is 2.16. The Labute approximate surface area is 111 Å². The van der Waals surface area contributed by atoms with Crippen LogP contribution in [0.1, 0.15) is 37.3 Å². The number of aromatic nitrogens is 3. The Morgan fingerprint density at radius 2 is 1.95 bits per heavy atom. The molecule has 98 valence electrons. The smallest absolute Gasteiger partial charge is 0.267 e. The highest BCUT2D eigenvalue weighted by atomic mass is 16.7. The predicted octanol–water partition coefficient (Wildman–Crippen LogP) is 2.91. The predicted molar refractivity (Wildman–Crippen MR) is 69.5 cm³/mol. The lowest BCUT2D eigenvalue weighted by molar-refractivity contribution is -0.0248. The van der Waals surface area contributed by atoms with Gasteiger partial charge in [0.2, 0.25) is 0 Å². The van der Waals surface area contributed by atoms with Crippen LogP contribution in [0.2, 0.25) is 0 Å². The minimum atomic E-state index is -0.385. The van der Waals surface area contributed by atoms with Crippen LogP contribution in [0.25, 0.3) is 5.82 Å². The molecule has 0 aromatic carbocycles. The molecule has 5 nitrogen and oxygen atoms in total. The average molecular weight is 257 g/mol. The topological polar surface area (TPSA) is 49.2 Å². The van der Waals surface area contributed by atoms with Gasteiger partial charge in [0.1, 0.15) is 12.5 Å². The number of hydrogen-bond donors (Lipinski definition) is 0. The molecule has 3 rings (SSSR count). The van der Waals surface area contributed by atoms with E-state index in [1.807, 2.05) is 22.9 Å². The molecule has 0 atom stereocenters. The zero-order valence-electron chi connectivity index (χ0n) is 10.9. The van der Waals surface area contributed by atoms with Gasteiger partial charge >= 0.3 is 0 Å². The van der Waals surface area contributed by atoms with Gasteiger partial charge in [0, 0.05) is 18.1 Å². The fraction of sp³-hybridized carbons (Fsp3) is 0.286. The first kappa shape index (κ1) is 11.8. The van der Waals surface area contributed by atoms with Crippen molar-refractivity contribution in [3.63, 3.8) is 0 Å². The van der Waals surface area contributed by atoms with E-state index in [1.54, 1.807) is 12.4 Å². The fourth-order valence-electron chi connectivity index (χ4n) is 2.00. The first-order valence-corrected chi connectivity index (χ1v) is 6.22. The van der Waals surface area contributed by atoms with Crippen molar-refractivity contribution in [2.75, 3.05) is 0 Å². The van der Waals surface area contributed by atoms with E-state index in [1.165, 1.54) is 12.5 Å². The highest BCUT2D eigenvalue weighted by molar-refractivity contribution is 5.28. The summed E-state index contributed by atoms with van der Waals surface area (Å²) in [4.78, 5) is 4.42. The van der Waals surface area contributed by atoms with Crippen molar-refractivity contribution in [3.8, 4) is 5.82 Å². The van der Waals surface area contributed by atoms with Gasteiger partial charge in [-0.1, -0.05) is 13.8 Å². The number of rotatable bonds is 3. The molecule has 0 fully saturated rings. The molecule has 0 unspecified atom stereocenters. The summed E-state index contributed by atoms with van der Waals surface area (Å²) < 4.78 is 12.4. The van der Waals surface area contributed by atoms with Crippen molar-refractivity contribution in [1.29, 1.82) is 0 Å². The van der Waals surface area contributed by atoms with E-state index in [4.69, 9.17) is 9.47 Å². The normalized spacial score (nSPS) is 14.7. The van der Waals surface area contributed by atoms with Crippen LogP contribution in [-0.2, 0) is 9.47 Å². The SMILES string of the molecule is CC(C)c1ccnn1-c1ccc(C2OC=CO2)cn1. The van der Waals surface area contributed by atoms with Crippen LogP contribution in [0.4, 0.5) is 0 Å². The lowest BCUT2D eigenvalue weighted by Crippen LogP contribution is -2.06. The Hall–Kier alpha value is -2.30. The van der Waals surface area contributed by atoms with Crippen LogP contribution in [0.5, 0.6) is 0 Å². The Morgan fingerprint density at radius 1 is 1.16 bits per heavy atom. The molecule has 19 heavy (non-hydrogen) atoms. The number of nitrogens with zero attached hydrogens (tertiary/aromatic N) is 3. The number of pyridine rings is 1. The highest BCUT2D eigenvalue weighted by Crippen LogP contribution is 2.24. The second-order valence-corrected chi connectivity index (χ2v) is 4.65. The molecule has 1 aliphatic rings. The van der Waals surface area contributed by atoms with Crippen molar-refractivity contribution >= 4 is 0 Å². The molecule has 0 spiro atoms. The summed E-state index contributed by atoms with van der Waals surface area (Å²) in [5.74, 6) is 1.19. The van der Waals surface area contributed by atoms with Gasteiger partial charge in [-0.25, -0.2) is 9.67 Å². The quantitative estimate of drug-likeness (QED) is 0.848. The maximum Gasteiger partial charge on any atom is 0.267 e. The molecule has 2 aromatic heterocycles. The Kier molecular flexibility index (Phi) is 2.95. The average Bonchev–Trinajstić information content (AvgIpc) is 3.10. The first-order valence-electron chi connectivity index (χ1n) is 6.22. The minimum Gasteiger partial charge on any atom is -0.455 e. The molecule has 0 N–H and O–H groups in total. The lowest BCUT2D eigenvalue weighted by Gasteiger charge is -2.12. The summed E-state index contributed by atoms with van der Waals surface area (Å²) in [5.41, 5.74) is 2.02. The molecule has 0 amide bonds. The van der Waals surface area contributed by atoms with Gasteiger partial charge in [-0.15, -0.1) is 0 Å². The van der Waals surface area contributed by atoms with Crippen molar-refractivity contribution in [3.05, 3.63) is 54.4 Å². The summed E-state index contributed by atoms with van der Waals surface area (Å²) in [5, 5.41) is 4.31. The van der Waals surface area contributed by atoms with Gasteiger partial charge in [0.05, 0.1) is 5.56 Å². The summed E-state index contributed by atoms with van der Waals surface area (Å²) in [7, 11) is 0. The van der Waals surface area contributed by atoms with Gasteiger partial charge in [0.25, 0.3) is 6.29 Å². The first-order chi connectivity index (χ1) is 9.25. The van der Waals surface area contributed by atoms with E-state index in [0.717, 1.165) is 17.1 Å². The third-order valence-corrected chi connectivity index (χ3v) is 2.98. The monoisotopic (exact) mass is 257 g/mol. The van der Waals surface area contributed by atoms with Gasteiger partial charge in [0.15, 0.2) is 5.82 Å². The molecule has 0 bridgehead atoms. The lowest BCUT2D eigenvalue weighted by atomic mass is 10.1. The van der Waals surface area contributed by atoms with E-state index < -0.39 is 0 Å². The second-order valence-electron chi connectivity index (χ2n) is 4.65. The molecule has 2 aromatic rings. The maximum atomic E-state index is 5.27. The Bertz CT molecular complexity index is 579. The van der Waals surface area contributed by atoms with Crippen LogP contribution in [-0.4, -0.2) is 14.8 Å². The summed E-state index contributed by atoms with van der Waals surface area (Å²) >= 11 is 0. The van der Waals surface area contributed by atoms with Crippen LogP contribution >= 0.6 is 0 Å². The Balaban J connectivity index is 1.87. The van der Waals surface area contributed by atoms with Crippen LogP contribution < -0.4 is 0 Å². The molecule has 1 aliphatic heterocycles. The summed E-state index contributed by atoms with van der Waals surface area (Å²) in [6.45, 7) is 4.27. The largest absolute Gasteiger partial charge is 0.455 e. The van der Waals surface area contributed by atoms with Crippen LogP contribution in [0, 0.1) is 0 Å². The van der Waals surface area contributed by atoms with Crippen LogP contribution in [0.3, 0.4) is 0 Å². The standard InChI is InChI=1S/C14H15N3O2/c1-10(2)12-5-6-16-17(12)13-4-3-11(9-15-13)14-18-7-8-19-14/h3-10,14H,1-2H3. The Morgan fingerprint density at radius 3 is 2.58 bits per heavy atom. The molecule has 0 radical (unpaired) electrons. The second kappa shape index (κ2) is 4.76. The number of ether oxygens (including phenoxy) is 2. The molecular formula is C14H15N3O2. The van der Waals surface area contributed by atoms with E-state index in [9.17, 15) is 0 Å². The van der Waals surface area contributed by atoms with E-state index in [-0.39, 0.29) is 6.29 Å². The van der Waals surface area contributed by atoms with Crippen LogP contribution in [0.15, 0.2) is 43.1 Å². The van der Waals surface area contributed by atoms with E-state index in [2.05, 4.69) is 23.9 Å². The maximum absolute atomic E-state index is 5.27. The zero-order chi connectivity index (χ0) is 13.2. The molecule has 5 heteroatoms. The number of hydrogen-bond acceptors (Lipinski definition) is 4. The third kappa shape index (κ3) is 2.19. The zero-order valence-corrected chi connectivity index (χ0v) is 10.9. The van der Waals surface area contributed by atoms with E-state index >= 15 is 0 Å². The van der Waals surface area contributed by atoms with Crippen molar-refractivity contribution in [2.45, 2.75) is 26.1 Å². The molecule has 0 saturated heterocycles. The van der Waals surface area contributed by atoms with Crippen molar-refractivity contribution in [1.82, 2.24) is 14.8 Å². The summed E-state index contributed by atoms with van der Waals surface area (Å²) in [6.07, 6.45) is 6.21. The molecule has 0 saturated carbocycles. The van der Waals surface area contributed by atoms with Crippen molar-refractivity contribution < 1.29 is 9.47 Å². The minimum absolute atomic E-state index is 0.385. The van der Waals surface area contributed by atoms with E-state index in [0.29, 0.717) is 5.92 Å². The summed E-state index contributed by atoms with van der Waals surface area (Å²) in [6, 6.07) is 5.86. The molecule has 3 heterocycles. The fourth-order valence-corrected chi connectivity index (χ4v) is 2.00. The molecule has 0 aliphatic carbocycles.